The first-order chi connectivity index (χ1) is 7.65. The SMILES string of the molecule is CN(C)C1CCN(Cc2cncc(Br)c2)C1. The lowest BCUT2D eigenvalue weighted by Crippen LogP contribution is -2.31. The summed E-state index contributed by atoms with van der Waals surface area (Å²) in [6.45, 7) is 3.37. The second-order valence-corrected chi connectivity index (χ2v) is 5.57. The van der Waals surface area contributed by atoms with Gasteiger partial charge in [-0.3, -0.25) is 9.88 Å². The Balaban J connectivity index is 1.92. The summed E-state index contributed by atoms with van der Waals surface area (Å²) < 4.78 is 1.06. The summed E-state index contributed by atoms with van der Waals surface area (Å²) in [5.41, 5.74) is 1.29. The minimum absolute atomic E-state index is 0.708. The molecule has 1 saturated heterocycles. The zero-order chi connectivity index (χ0) is 11.5. The Hall–Kier alpha value is -0.450. The van der Waals surface area contributed by atoms with Crippen molar-refractivity contribution in [2.75, 3.05) is 27.2 Å². The van der Waals surface area contributed by atoms with Gasteiger partial charge in [0.15, 0.2) is 0 Å². The van der Waals surface area contributed by atoms with Crippen molar-refractivity contribution in [1.29, 1.82) is 0 Å². The third kappa shape index (κ3) is 3.03. The van der Waals surface area contributed by atoms with Crippen molar-refractivity contribution in [3.63, 3.8) is 0 Å². The topological polar surface area (TPSA) is 19.4 Å². The molecule has 0 amide bonds. The third-order valence-corrected chi connectivity index (χ3v) is 3.58. The zero-order valence-corrected chi connectivity index (χ0v) is 11.4. The van der Waals surface area contributed by atoms with Crippen LogP contribution in [0.3, 0.4) is 0 Å². The maximum atomic E-state index is 4.20. The van der Waals surface area contributed by atoms with Gasteiger partial charge < -0.3 is 4.90 Å². The van der Waals surface area contributed by atoms with Crippen LogP contribution in [0, 0.1) is 0 Å². The first-order valence-corrected chi connectivity index (χ1v) is 6.42. The first-order valence-electron chi connectivity index (χ1n) is 5.63. The van der Waals surface area contributed by atoms with Crippen LogP contribution in [0.25, 0.3) is 0 Å². The lowest BCUT2D eigenvalue weighted by Gasteiger charge is -2.20. The number of hydrogen-bond acceptors (Lipinski definition) is 3. The fourth-order valence-corrected chi connectivity index (χ4v) is 2.59. The highest BCUT2D eigenvalue weighted by molar-refractivity contribution is 9.10. The number of halogens is 1. The standard InChI is InChI=1S/C12H18BrN3/c1-15(2)12-3-4-16(9-12)8-10-5-11(13)7-14-6-10/h5-7,12H,3-4,8-9H2,1-2H3. The molecule has 0 spiro atoms. The Kier molecular flexibility index (Phi) is 3.95. The van der Waals surface area contributed by atoms with E-state index >= 15 is 0 Å². The molecule has 0 radical (unpaired) electrons. The van der Waals surface area contributed by atoms with Crippen molar-refractivity contribution in [2.45, 2.75) is 19.0 Å². The monoisotopic (exact) mass is 283 g/mol. The van der Waals surface area contributed by atoms with Crippen LogP contribution in [0.5, 0.6) is 0 Å². The molecule has 2 heterocycles. The van der Waals surface area contributed by atoms with E-state index in [0.717, 1.165) is 11.0 Å². The van der Waals surface area contributed by atoms with Gasteiger partial charge in [0.05, 0.1) is 0 Å². The average molecular weight is 284 g/mol. The van der Waals surface area contributed by atoms with Crippen molar-refractivity contribution >= 4 is 15.9 Å². The van der Waals surface area contributed by atoms with Crippen LogP contribution in [0.1, 0.15) is 12.0 Å². The number of hydrogen-bond donors (Lipinski definition) is 0. The first kappa shape index (κ1) is 12.0. The summed E-state index contributed by atoms with van der Waals surface area (Å²) in [5, 5.41) is 0. The van der Waals surface area contributed by atoms with Crippen LogP contribution >= 0.6 is 15.9 Å². The van der Waals surface area contributed by atoms with E-state index in [1.165, 1.54) is 25.1 Å². The fourth-order valence-electron chi connectivity index (χ4n) is 2.18. The molecular formula is C12H18BrN3. The van der Waals surface area contributed by atoms with E-state index in [4.69, 9.17) is 0 Å². The van der Waals surface area contributed by atoms with Crippen LogP contribution in [-0.4, -0.2) is 48.0 Å². The number of pyridine rings is 1. The molecule has 88 valence electrons. The molecule has 1 fully saturated rings. The molecule has 16 heavy (non-hydrogen) atoms. The maximum Gasteiger partial charge on any atom is 0.0410 e. The van der Waals surface area contributed by atoms with Gasteiger partial charge in [0, 0.05) is 42.5 Å². The van der Waals surface area contributed by atoms with Gasteiger partial charge in [-0.2, -0.15) is 0 Å². The van der Waals surface area contributed by atoms with Gasteiger partial charge in [-0.15, -0.1) is 0 Å². The molecule has 1 atom stereocenters. The Morgan fingerprint density at radius 3 is 2.94 bits per heavy atom. The molecule has 0 saturated carbocycles. The Labute approximate surface area is 106 Å². The van der Waals surface area contributed by atoms with Crippen molar-refractivity contribution in [1.82, 2.24) is 14.8 Å². The van der Waals surface area contributed by atoms with E-state index in [-0.39, 0.29) is 0 Å². The maximum absolute atomic E-state index is 4.20. The lowest BCUT2D eigenvalue weighted by molar-refractivity contribution is 0.264. The van der Waals surface area contributed by atoms with E-state index in [9.17, 15) is 0 Å². The molecule has 1 aliphatic heterocycles. The van der Waals surface area contributed by atoms with E-state index in [0.29, 0.717) is 6.04 Å². The van der Waals surface area contributed by atoms with Crippen LogP contribution in [0.4, 0.5) is 0 Å². The molecule has 2 rings (SSSR count). The summed E-state index contributed by atoms with van der Waals surface area (Å²) in [5.74, 6) is 0. The molecule has 1 aromatic heterocycles. The van der Waals surface area contributed by atoms with Gasteiger partial charge in [-0.1, -0.05) is 0 Å². The van der Waals surface area contributed by atoms with Crippen molar-refractivity contribution in [3.05, 3.63) is 28.5 Å². The van der Waals surface area contributed by atoms with Crippen LogP contribution < -0.4 is 0 Å². The van der Waals surface area contributed by atoms with Crippen molar-refractivity contribution in [2.24, 2.45) is 0 Å². The predicted molar refractivity (Wildman–Crippen MR) is 69.3 cm³/mol. The molecule has 0 aromatic carbocycles. The molecule has 4 heteroatoms. The average Bonchev–Trinajstić information content (AvgIpc) is 2.66. The van der Waals surface area contributed by atoms with Crippen LogP contribution in [0.2, 0.25) is 0 Å². The Morgan fingerprint density at radius 2 is 2.31 bits per heavy atom. The third-order valence-electron chi connectivity index (χ3n) is 3.15. The molecule has 3 nitrogen and oxygen atoms in total. The number of nitrogens with zero attached hydrogens (tertiary/aromatic N) is 3. The van der Waals surface area contributed by atoms with Crippen molar-refractivity contribution in [3.8, 4) is 0 Å². The van der Waals surface area contributed by atoms with Crippen molar-refractivity contribution < 1.29 is 0 Å². The summed E-state index contributed by atoms with van der Waals surface area (Å²) in [6, 6.07) is 2.86. The molecule has 0 N–H and O–H groups in total. The minimum atomic E-state index is 0.708. The summed E-state index contributed by atoms with van der Waals surface area (Å²) >= 11 is 3.46. The van der Waals surface area contributed by atoms with E-state index < -0.39 is 0 Å². The van der Waals surface area contributed by atoms with Gasteiger partial charge in [0.25, 0.3) is 0 Å². The van der Waals surface area contributed by atoms with Crippen LogP contribution in [-0.2, 0) is 6.54 Å². The normalized spacial score (nSPS) is 21.9. The Bertz CT molecular complexity index is 354. The molecule has 1 aliphatic rings. The predicted octanol–water partition coefficient (Wildman–Crippen LogP) is 1.98. The second-order valence-electron chi connectivity index (χ2n) is 4.65. The van der Waals surface area contributed by atoms with Gasteiger partial charge >= 0.3 is 0 Å². The van der Waals surface area contributed by atoms with E-state index in [1.807, 2.05) is 12.4 Å². The smallest absolute Gasteiger partial charge is 0.0410 e. The molecule has 0 bridgehead atoms. The molecular weight excluding hydrogens is 266 g/mol. The minimum Gasteiger partial charge on any atom is -0.305 e. The molecule has 1 unspecified atom stereocenters. The number of rotatable bonds is 3. The molecule has 0 aliphatic carbocycles. The highest BCUT2D eigenvalue weighted by Crippen LogP contribution is 2.17. The van der Waals surface area contributed by atoms with E-state index in [1.54, 1.807) is 0 Å². The summed E-state index contributed by atoms with van der Waals surface area (Å²) in [4.78, 5) is 9.01. The van der Waals surface area contributed by atoms with Gasteiger partial charge in [0.2, 0.25) is 0 Å². The van der Waals surface area contributed by atoms with Crippen LogP contribution in [0.15, 0.2) is 22.9 Å². The fraction of sp³-hybridized carbons (Fsp3) is 0.583. The van der Waals surface area contributed by atoms with Gasteiger partial charge in [-0.25, -0.2) is 0 Å². The second kappa shape index (κ2) is 5.25. The van der Waals surface area contributed by atoms with Gasteiger partial charge in [-0.05, 0) is 48.1 Å². The summed E-state index contributed by atoms with van der Waals surface area (Å²) in [6.07, 6.45) is 5.05. The summed E-state index contributed by atoms with van der Waals surface area (Å²) in [7, 11) is 4.32. The molecule has 1 aromatic rings. The van der Waals surface area contributed by atoms with Gasteiger partial charge in [0.1, 0.15) is 0 Å². The quantitative estimate of drug-likeness (QED) is 0.846. The highest BCUT2D eigenvalue weighted by Gasteiger charge is 2.23. The number of aromatic nitrogens is 1. The highest BCUT2D eigenvalue weighted by atomic mass is 79.9. The number of likely N-dealkylation sites (N-methyl/N-ethyl adjacent to an activating group) is 1. The lowest BCUT2D eigenvalue weighted by atomic mass is 10.2. The van der Waals surface area contributed by atoms with E-state index in [2.05, 4.69) is 50.9 Å². The zero-order valence-electron chi connectivity index (χ0n) is 9.86. The Morgan fingerprint density at radius 1 is 1.50 bits per heavy atom. The number of likely N-dealkylation sites (tertiary alicyclic amines) is 1. The largest absolute Gasteiger partial charge is 0.305 e.